The van der Waals surface area contributed by atoms with Crippen LogP contribution >= 0.6 is 0 Å². The number of nitrogens with zero attached hydrogens (tertiary/aromatic N) is 2. The number of piperazine rings is 1. The molecule has 3 nitrogen and oxygen atoms in total. The van der Waals surface area contributed by atoms with Crippen molar-refractivity contribution >= 4 is 0 Å². The summed E-state index contributed by atoms with van der Waals surface area (Å²) in [7, 11) is 0. The van der Waals surface area contributed by atoms with Gasteiger partial charge in [-0.15, -0.1) is 0 Å². The zero-order valence-electron chi connectivity index (χ0n) is 15.0. The molecule has 1 aliphatic heterocycles. The van der Waals surface area contributed by atoms with Crippen LogP contribution in [0.4, 0.5) is 0 Å². The Morgan fingerprint density at radius 3 is 2.24 bits per heavy atom. The van der Waals surface area contributed by atoms with E-state index in [1.54, 1.807) is 0 Å². The molecule has 124 valence electrons. The SMILES string of the molecule is CC(C)C1CCCC(CN)(N2CCN(C(C)(C)C)CC2)C1. The quantitative estimate of drug-likeness (QED) is 0.869. The van der Waals surface area contributed by atoms with Gasteiger partial charge in [0.15, 0.2) is 0 Å². The van der Waals surface area contributed by atoms with Crippen LogP contribution in [0.5, 0.6) is 0 Å². The Labute approximate surface area is 132 Å². The van der Waals surface area contributed by atoms with E-state index in [1.807, 2.05) is 0 Å². The van der Waals surface area contributed by atoms with Gasteiger partial charge in [-0.1, -0.05) is 26.7 Å². The van der Waals surface area contributed by atoms with E-state index in [9.17, 15) is 0 Å². The van der Waals surface area contributed by atoms with Gasteiger partial charge in [-0.05, 0) is 45.4 Å². The first-order chi connectivity index (χ1) is 9.78. The lowest BCUT2D eigenvalue weighted by atomic mass is 9.70. The maximum Gasteiger partial charge on any atom is 0.0335 e. The summed E-state index contributed by atoms with van der Waals surface area (Å²) in [5.74, 6) is 1.66. The first-order valence-corrected chi connectivity index (χ1v) is 8.99. The smallest absolute Gasteiger partial charge is 0.0335 e. The average molecular weight is 296 g/mol. The molecule has 0 aromatic carbocycles. The van der Waals surface area contributed by atoms with E-state index < -0.39 is 0 Å². The van der Waals surface area contributed by atoms with Crippen molar-refractivity contribution in [3.8, 4) is 0 Å². The van der Waals surface area contributed by atoms with Gasteiger partial charge in [0.1, 0.15) is 0 Å². The lowest BCUT2D eigenvalue weighted by Gasteiger charge is -2.53. The fraction of sp³-hybridized carbons (Fsp3) is 1.00. The lowest BCUT2D eigenvalue weighted by Crippen LogP contribution is -2.63. The molecule has 2 atom stereocenters. The zero-order valence-corrected chi connectivity index (χ0v) is 15.0. The van der Waals surface area contributed by atoms with Crippen LogP contribution in [0, 0.1) is 11.8 Å². The van der Waals surface area contributed by atoms with Gasteiger partial charge >= 0.3 is 0 Å². The summed E-state index contributed by atoms with van der Waals surface area (Å²) in [6.45, 7) is 17.4. The van der Waals surface area contributed by atoms with E-state index >= 15 is 0 Å². The minimum absolute atomic E-state index is 0.289. The predicted molar refractivity (Wildman–Crippen MR) is 91.5 cm³/mol. The molecular weight excluding hydrogens is 258 g/mol. The fourth-order valence-electron chi connectivity index (χ4n) is 4.41. The Kier molecular flexibility index (Phi) is 5.38. The highest BCUT2D eigenvalue weighted by atomic mass is 15.3. The highest BCUT2D eigenvalue weighted by Crippen LogP contribution is 2.40. The second kappa shape index (κ2) is 6.55. The van der Waals surface area contributed by atoms with Crippen molar-refractivity contribution in [2.45, 2.75) is 71.4 Å². The molecule has 1 heterocycles. The third-order valence-electron chi connectivity index (χ3n) is 6.08. The van der Waals surface area contributed by atoms with Gasteiger partial charge in [-0.25, -0.2) is 0 Å². The van der Waals surface area contributed by atoms with Gasteiger partial charge in [-0.2, -0.15) is 0 Å². The van der Waals surface area contributed by atoms with E-state index in [-0.39, 0.29) is 5.54 Å². The Balaban J connectivity index is 2.02. The van der Waals surface area contributed by atoms with E-state index in [0.717, 1.165) is 18.4 Å². The topological polar surface area (TPSA) is 32.5 Å². The first-order valence-electron chi connectivity index (χ1n) is 8.99. The van der Waals surface area contributed by atoms with Crippen LogP contribution in [0.25, 0.3) is 0 Å². The van der Waals surface area contributed by atoms with Crippen LogP contribution in [-0.4, -0.2) is 53.6 Å². The van der Waals surface area contributed by atoms with Gasteiger partial charge in [0.2, 0.25) is 0 Å². The summed E-state index contributed by atoms with van der Waals surface area (Å²) in [5, 5.41) is 0. The average Bonchev–Trinajstić information content (AvgIpc) is 2.46. The molecule has 1 aliphatic carbocycles. The third-order valence-corrected chi connectivity index (χ3v) is 6.08. The molecule has 1 saturated heterocycles. The standard InChI is InChI=1S/C18H37N3/c1-15(2)16-7-6-8-18(13-16,14-19)21-11-9-20(10-12-21)17(3,4)5/h15-16H,6-14,19H2,1-5H3. The summed E-state index contributed by atoms with van der Waals surface area (Å²) in [5.41, 5.74) is 6.89. The molecule has 0 bridgehead atoms. The van der Waals surface area contributed by atoms with Crippen molar-refractivity contribution in [3.05, 3.63) is 0 Å². The monoisotopic (exact) mass is 295 g/mol. The number of nitrogens with two attached hydrogens (primary N) is 1. The van der Waals surface area contributed by atoms with E-state index in [4.69, 9.17) is 5.73 Å². The zero-order chi connectivity index (χ0) is 15.7. The van der Waals surface area contributed by atoms with Crippen molar-refractivity contribution in [1.29, 1.82) is 0 Å². The highest BCUT2D eigenvalue weighted by molar-refractivity contribution is 4.99. The van der Waals surface area contributed by atoms with Gasteiger partial charge < -0.3 is 5.73 Å². The van der Waals surface area contributed by atoms with Crippen molar-refractivity contribution < 1.29 is 0 Å². The van der Waals surface area contributed by atoms with Crippen LogP contribution in [0.3, 0.4) is 0 Å². The fourth-order valence-corrected chi connectivity index (χ4v) is 4.41. The Hall–Kier alpha value is -0.120. The van der Waals surface area contributed by atoms with E-state index in [0.29, 0.717) is 5.54 Å². The molecule has 0 radical (unpaired) electrons. The van der Waals surface area contributed by atoms with Crippen molar-refractivity contribution in [2.75, 3.05) is 32.7 Å². The molecule has 0 aromatic heterocycles. The van der Waals surface area contributed by atoms with Gasteiger partial charge in [0.25, 0.3) is 0 Å². The molecule has 0 spiro atoms. The summed E-state index contributed by atoms with van der Waals surface area (Å²) in [4.78, 5) is 5.36. The van der Waals surface area contributed by atoms with Crippen LogP contribution < -0.4 is 5.73 Å². The normalized spacial score (nSPS) is 33.6. The summed E-state index contributed by atoms with van der Waals surface area (Å²) in [6.07, 6.45) is 5.39. The minimum Gasteiger partial charge on any atom is -0.329 e. The second-order valence-corrected chi connectivity index (χ2v) is 8.67. The minimum atomic E-state index is 0.289. The molecule has 2 fully saturated rings. The van der Waals surface area contributed by atoms with Crippen LogP contribution in [0.2, 0.25) is 0 Å². The highest BCUT2D eigenvalue weighted by Gasteiger charge is 2.42. The maximum absolute atomic E-state index is 6.30. The molecule has 0 amide bonds. The van der Waals surface area contributed by atoms with Gasteiger partial charge in [0, 0.05) is 43.8 Å². The largest absolute Gasteiger partial charge is 0.329 e. The summed E-state index contributed by atoms with van der Waals surface area (Å²) >= 11 is 0. The number of hydrogen-bond donors (Lipinski definition) is 1. The maximum atomic E-state index is 6.30. The molecule has 0 aromatic rings. The third kappa shape index (κ3) is 3.80. The molecule has 1 saturated carbocycles. The second-order valence-electron chi connectivity index (χ2n) is 8.67. The Morgan fingerprint density at radius 2 is 1.76 bits per heavy atom. The molecule has 2 N–H and O–H groups in total. The molecule has 2 aliphatic rings. The van der Waals surface area contributed by atoms with Crippen LogP contribution in [-0.2, 0) is 0 Å². The van der Waals surface area contributed by atoms with Crippen molar-refractivity contribution in [1.82, 2.24) is 9.80 Å². The first kappa shape index (κ1) is 17.2. The number of rotatable bonds is 3. The Morgan fingerprint density at radius 1 is 1.14 bits per heavy atom. The van der Waals surface area contributed by atoms with Crippen molar-refractivity contribution in [3.63, 3.8) is 0 Å². The van der Waals surface area contributed by atoms with E-state index in [1.165, 1.54) is 51.9 Å². The molecular formula is C18H37N3. The summed E-state index contributed by atoms with van der Waals surface area (Å²) in [6, 6.07) is 0. The summed E-state index contributed by atoms with van der Waals surface area (Å²) < 4.78 is 0. The molecule has 21 heavy (non-hydrogen) atoms. The van der Waals surface area contributed by atoms with Crippen LogP contribution in [0.15, 0.2) is 0 Å². The molecule has 3 heteroatoms. The van der Waals surface area contributed by atoms with Crippen molar-refractivity contribution in [2.24, 2.45) is 17.6 Å². The van der Waals surface area contributed by atoms with Gasteiger partial charge in [-0.3, -0.25) is 9.80 Å². The van der Waals surface area contributed by atoms with Gasteiger partial charge in [0.05, 0.1) is 0 Å². The number of hydrogen-bond acceptors (Lipinski definition) is 3. The Bertz CT molecular complexity index is 326. The lowest BCUT2D eigenvalue weighted by molar-refractivity contribution is -0.0267. The predicted octanol–water partition coefficient (Wildman–Crippen LogP) is 2.95. The molecule has 2 rings (SSSR count). The molecule has 2 unspecified atom stereocenters. The van der Waals surface area contributed by atoms with E-state index in [2.05, 4.69) is 44.4 Å². The van der Waals surface area contributed by atoms with Crippen LogP contribution in [0.1, 0.15) is 60.3 Å².